The van der Waals surface area contributed by atoms with Gasteiger partial charge in [-0.15, -0.1) is 0 Å². The number of amides is 1. The maximum atomic E-state index is 11.9. The first-order chi connectivity index (χ1) is 9.61. The van der Waals surface area contributed by atoms with E-state index in [2.05, 4.69) is 10.5 Å². The van der Waals surface area contributed by atoms with Crippen LogP contribution in [0.25, 0.3) is 0 Å². The molecule has 0 aliphatic heterocycles. The molecule has 0 bridgehead atoms. The van der Waals surface area contributed by atoms with Gasteiger partial charge in [-0.1, -0.05) is 35.0 Å². The molecule has 1 heterocycles. The maximum Gasteiger partial charge on any atom is 0.273 e. The topological polar surface area (TPSA) is 64.4 Å². The minimum atomic E-state index is -0.319. The van der Waals surface area contributed by atoms with Crippen molar-refractivity contribution in [2.24, 2.45) is 0 Å². The summed E-state index contributed by atoms with van der Waals surface area (Å²) in [7, 11) is 1.57. The zero-order chi connectivity index (χ0) is 14.5. The Morgan fingerprint density at radius 3 is 2.85 bits per heavy atom. The van der Waals surface area contributed by atoms with Crippen LogP contribution in [0, 0.1) is 6.92 Å². The second-order valence-corrected chi connectivity index (χ2v) is 4.69. The molecule has 0 spiro atoms. The average Bonchev–Trinajstić information content (AvgIpc) is 2.88. The van der Waals surface area contributed by atoms with Crippen molar-refractivity contribution in [1.29, 1.82) is 0 Å². The van der Waals surface area contributed by atoms with Crippen molar-refractivity contribution in [2.45, 2.75) is 13.0 Å². The van der Waals surface area contributed by atoms with Crippen LogP contribution in [-0.2, 0) is 4.74 Å². The van der Waals surface area contributed by atoms with E-state index in [0.717, 1.165) is 5.56 Å². The summed E-state index contributed by atoms with van der Waals surface area (Å²) in [4.78, 5) is 11.9. The van der Waals surface area contributed by atoms with Crippen LogP contribution in [0.3, 0.4) is 0 Å². The Labute approximate surface area is 121 Å². The van der Waals surface area contributed by atoms with E-state index in [-0.39, 0.29) is 17.7 Å². The lowest BCUT2D eigenvalue weighted by Gasteiger charge is -2.17. The van der Waals surface area contributed by atoms with Crippen molar-refractivity contribution in [3.05, 3.63) is 52.4 Å². The van der Waals surface area contributed by atoms with E-state index in [4.69, 9.17) is 20.9 Å². The fraction of sp³-hybridized carbons (Fsp3) is 0.286. The molecule has 0 radical (unpaired) electrons. The van der Waals surface area contributed by atoms with Crippen molar-refractivity contribution in [2.75, 3.05) is 13.7 Å². The molecule has 5 nitrogen and oxygen atoms in total. The van der Waals surface area contributed by atoms with E-state index in [1.165, 1.54) is 0 Å². The van der Waals surface area contributed by atoms with E-state index < -0.39 is 0 Å². The fourth-order valence-electron chi connectivity index (χ4n) is 1.81. The SMILES string of the molecule is CO[C@H](CNC(=O)c1cc(C)on1)c1ccccc1Cl. The van der Waals surface area contributed by atoms with E-state index in [1.54, 1.807) is 26.2 Å². The quantitative estimate of drug-likeness (QED) is 0.921. The highest BCUT2D eigenvalue weighted by Crippen LogP contribution is 2.24. The van der Waals surface area contributed by atoms with Gasteiger partial charge in [-0.25, -0.2) is 0 Å². The number of hydrogen-bond acceptors (Lipinski definition) is 4. The summed E-state index contributed by atoms with van der Waals surface area (Å²) in [5.41, 5.74) is 1.07. The molecule has 0 saturated carbocycles. The van der Waals surface area contributed by atoms with Gasteiger partial charge in [-0.05, 0) is 13.0 Å². The van der Waals surface area contributed by atoms with Crippen LogP contribution >= 0.6 is 11.6 Å². The number of nitrogens with zero attached hydrogens (tertiary/aromatic N) is 1. The molecule has 1 aromatic carbocycles. The molecule has 20 heavy (non-hydrogen) atoms. The summed E-state index contributed by atoms with van der Waals surface area (Å²) in [5.74, 6) is 0.278. The lowest BCUT2D eigenvalue weighted by molar-refractivity contribution is 0.0821. The molecule has 0 fully saturated rings. The minimum Gasteiger partial charge on any atom is -0.375 e. The van der Waals surface area contributed by atoms with Gasteiger partial charge in [0, 0.05) is 30.3 Å². The van der Waals surface area contributed by atoms with E-state index in [9.17, 15) is 4.79 Å². The predicted molar refractivity (Wildman–Crippen MR) is 74.8 cm³/mol. The third-order valence-electron chi connectivity index (χ3n) is 2.85. The molecule has 1 N–H and O–H groups in total. The first kappa shape index (κ1) is 14.6. The number of hydrogen-bond donors (Lipinski definition) is 1. The highest BCUT2D eigenvalue weighted by molar-refractivity contribution is 6.31. The molecule has 0 aliphatic carbocycles. The lowest BCUT2D eigenvalue weighted by Crippen LogP contribution is -2.29. The zero-order valence-electron chi connectivity index (χ0n) is 11.2. The van der Waals surface area contributed by atoms with Crippen molar-refractivity contribution in [3.8, 4) is 0 Å². The molecule has 0 unspecified atom stereocenters. The number of halogens is 1. The first-order valence-electron chi connectivity index (χ1n) is 6.10. The molecule has 106 valence electrons. The van der Waals surface area contributed by atoms with Gasteiger partial charge in [-0.2, -0.15) is 0 Å². The van der Waals surface area contributed by atoms with Crippen molar-refractivity contribution in [3.63, 3.8) is 0 Å². The summed E-state index contributed by atoms with van der Waals surface area (Å²) >= 11 is 6.11. The second kappa shape index (κ2) is 6.54. The normalized spacial score (nSPS) is 12.2. The predicted octanol–water partition coefficient (Wildman–Crippen LogP) is 2.75. The maximum absolute atomic E-state index is 11.9. The second-order valence-electron chi connectivity index (χ2n) is 4.28. The molecule has 6 heteroatoms. The van der Waals surface area contributed by atoms with Crippen molar-refractivity contribution in [1.82, 2.24) is 10.5 Å². The third kappa shape index (κ3) is 3.37. The lowest BCUT2D eigenvalue weighted by atomic mass is 10.1. The van der Waals surface area contributed by atoms with E-state index >= 15 is 0 Å². The smallest absolute Gasteiger partial charge is 0.273 e. The van der Waals surface area contributed by atoms with E-state index in [0.29, 0.717) is 17.3 Å². The number of carbonyl (C=O) groups excluding carboxylic acids is 1. The Bertz CT molecular complexity index is 598. The van der Waals surface area contributed by atoms with Crippen LogP contribution in [0.15, 0.2) is 34.9 Å². The first-order valence-corrected chi connectivity index (χ1v) is 6.48. The largest absolute Gasteiger partial charge is 0.375 e. The molecule has 1 atom stereocenters. The summed E-state index contributed by atoms with van der Waals surface area (Å²) in [6.07, 6.45) is -0.319. The van der Waals surface area contributed by atoms with Gasteiger partial charge in [0.15, 0.2) is 5.69 Å². The molecular formula is C14H15ClN2O3. The monoisotopic (exact) mass is 294 g/mol. The number of rotatable bonds is 5. The Morgan fingerprint density at radius 2 is 2.25 bits per heavy atom. The van der Waals surface area contributed by atoms with Crippen LogP contribution in [0.5, 0.6) is 0 Å². The molecule has 0 saturated heterocycles. The van der Waals surface area contributed by atoms with Crippen molar-refractivity contribution >= 4 is 17.5 Å². The Kier molecular flexibility index (Phi) is 4.76. The number of carbonyl (C=O) groups is 1. The standard InChI is InChI=1S/C14H15ClN2O3/c1-9-7-12(17-20-9)14(18)16-8-13(19-2)10-5-3-4-6-11(10)15/h3-7,13H,8H2,1-2H3,(H,16,18)/t13-/m1/s1. The number of ether oxygens (including phenoxy) is 1. The van der Waals surface area contributed by atoms with Crippen LogP contribution < -0.4 is 5.32 Å². The van der Waals surface area contributed by atoms with Crippen LogP contribution in [0.2, 0.25) is 5.02 Å². The summed E-state index contributed by atoms with van der Waals surface area (Å²) in [5, 5.41) is 7.00. The molecule has 0 aliphatic rings. The Hall–Kier alpha value is -1.85. The molecule has 1 amide bonds. The molecule has 2 rings (SSSR count). The Morgan fingerprint density at radius 1 is 1.50 bits per heavy atom. The fourth-order valence-corrected chi connectivity index (χ4v) is 2.06. The van der Waals surface area contributed by atoms with Crippen LogP contribution in [0.4, 0.5) is 0 Å². The van der Waals surface area contributed by atoms with Gasteiger partial charge in [0.25, 0.3) is 5.91 Å². The van der Waals surface area contributed by atoms with Crippen LogP contribution in [-0.4, -0.2) is 24.7 Å². The van der Waals surface area contributed by atoms with E-state index in [1.807, 2.05) is 18.2 Å². The summed E-state index contributed by atoms with van der Waals surface area (Å²) < 4.78 is 10.2. The number of aryl methyl sites for hydroxylation is 1. The zero-order valence-corrected chi connectivity index (χ0v) is 12.0. The highest BCUT2D eigenvalue weighted by Gasteiger charge is 2.17. The number of nitrogens with one attached hydrogen (secondary N) is 1. The van der Waals surface area contributed by atoms with Gasteiger partial charge < -0.3 is 14.6 Å². The highest BCUT2D eigenvalue weighted by atomic mass is 35.5. The van der Waals surface area contributed by atoms with Gasteiger partial charge >= 0.3 is 0 Å². The number of benzene rings is 1. The molecule has 1 aromatic heterocycles. The van der Waals surface area contributed by atoms with Crippen molar-refractivity contribution < 1.29 is 14.1 Å². The van der Waals surface area contributed by atoms with Gasteiger partial charge in [0.05, 0.1) is 0 Å². The van der Waals surface area contributed by atoms with Crippen LogP contribution in [0.1, 0.15) is 27.9 Å². The minimum absolute atomic E-state index is 0.247. The third-order valence-corrected chi connectivity index (χ3v) is 3.19. The average molecular weight is 295 g/mol. The Balaban J connectivity index is 2.01. The number of methoxy groups -OCH3 is 1. The van der Waals surface area contributed by atoms with Gasteiger partial charge in [-0.3, -0.25) is 4.79 Å². The summed E-state index contributed by atoms with van der Waals surface area (Å²) in [6.45, 7) is 2.02. The molecule has 2 aromatic rings. The molecular weight excluding hydrogens is 280 g/mol. The number of aromatic nitrogens is 1. The van der Waals surface area contributed by atoms with Gasteiger partial charge in [0.1, 0.15) is 11.9 Å². The summed E-state index contributed by atoms with van der Waals surface area (Å²) in [6, 6.07) is 8.94. The van der Waals surface area contributed by atoms with Gasteiger partial charge in [0.2, 0.25) is 0 Å².